The van der Waals surface area contributed by atoms with Crippen molar-refractivity contribution >= 4 is 23.3 Å². The summed E-state index contributed by atoms with van der Waals surface area (Å²) in [5, 5.41) is 9.50. The molecule has 0 saturated heterocycles. The summed E-state index contributed by atoms with van der Waals surface area (Å²) in [7, 11) is 0. The van der Waals surface area contributed by atoms with Crippen LogP contribution in [0.1, 0.15) is 12.0 Å². The molecule has 0 unspecified atom stereocenters. The summed E-state index contributed by atoms with van der Waals surface area (Å²) in [6.07, 6.45) is 3.10. The van der Waals surface area contributed by atoms with Crippen LogP contribution >= 0.6 is 11.6 Å². The fourth-order valence-electron chi connectivity index (χ4n) is 1.87. The third kappa shape index (κ3) is 4.26. The second-order valence-electron chi connectivity index (χ2n) is 4.59. The number of amides is 2. The van der Waals surface area contributed by atoms with Gasteiger partial charge in [-0.25, -0.2) is 4.79 Å². The Morgan fingerprint density at radius 2 is 2.32 bits per heavy atom. The Morgan fingerprint density at radius 3 is 3.00 bits per heavy atom. The molecule has 1 aromatic rings. The van der Waals surface area contributed by atoms with E-state index in [-0.39, 0.29) is 6.03 Å². The number of carbonyl (C=O) groups is 1. The Morgan fingerprint density at radius 1 is 1.47 bits per heavy atom. The van der Waals surface area contributed by atoms with Crippen LogP contribution in [0, 0.1) is 6.92 Å². The van der Waals surface area contributed by atoms with E-state index in [0.717, 1.165) is 25.1 Å². The average Bonchev–Trinajstić information content (AvgIpc) is 2.42. The van der Waals surface area contributed by atoms with Crippen LogP contribution in [-0.2, 0) is 0 Å². The molecule has 1 aromatic carbocycles. The van der Waals surface area contributed by atoms with Crippen molar-refractivity contribution in [1.29, 1.82) is 0 Å². The molecule has 0 aromatic heterocycles. The van der Waals surface area contributed by atoms with E-state index >= 15 is 0 Å². The van der Waals surface area contributed by atoms with Gasteiger partial charge in [-0.2, -0.15) is 0 Å². The third-order valence-electron chi connectivity index (χ3n) is 3.06. The van der Waals surface area contributed by atoms with Crippen LogP contribution < -0.4 is 16.0 Å². The molecule has 2 amide bonds. The number of carbonyl (C=O) groups excluding carboxylic acids is 1. The van der Waals surface area contributed by atoms with E-state index in [1.165, 1.54) is 5.57 Å². The van der Waals surface area contributed by atoms with Crippen LogP contribution in [0.2, 0.25) is 5.02 Å². The van der Waals surface area contributed by atoms with Crippen molar-refractivity contribution in [3.63, 3.8) is 0 Å². The number of anilines is 1. The van der Waals surface area contributed by atoms with E-state index in [1.54, 1.807) is 6.07 Å². The molecule has 19 heavy (non-hydrogen) atoms. The predicted octanol–water partition coefficient (Wildman–Crippen LogP) is 2.69. The zero-order chi connectivity index (χ0) is 13.7. The lowest BCUT2D eigenvalue weighted by Crippen LogP contribution is -2.32. The third-order valence-corrected chi connectivity index (χ3v) is 3.47. The van der Waals surface area contributed by atoms with Gasteiger partial charge in [0.1, 0.15) is 0 Å². The van der Waals surface area contributed by atoms with Crippen LogP contribution in [0.15, 0.2) is 29.8 Å². The molecule has 3 N–H and O–H groups in total. The molecule has 5 heteroatoms. The number of halogens is 1. The number of rotatable bonds is 3. The molecule has 4 nitrogen and oxygen atoms in total. The SMILES string of the molecule is Cc1ccc(NC(=O)NCC2=CCNCC2)cc1Cl. The average molecular weight is 280 g/mol. The van der Waals surface area contributed by atoms with Gasteiger partial charge in [-0.3, -0.25) is 0 Å². The van der Waals surface area contributed by atoms with Gasteiger partial charge in [0.2, 0.25) is 0 Å². The van der Waals surface area contributed by atoms with Crippen LogP contribution in [0.5, 0.6) is 0 Å². The first-order chi connectivity index (χ1) is 9.15. The predicted molar refractivity (Wildman–Crippen MR) is 78.8 cm³/mol. The second-order valence-corrected chi connectivity index (χ2v) is 5.00. The summed E-state index contributed by atoms with van der Waals surface area (Å²) in [5.41, 5.74) is 2.95. The maximum absolute atomic E-state index is 11.7. The largest absolute Gasteiger partial charge is 0.334 e. The number of hydrogen-bond acceptors (Lipinski definition) is 2. The van der Waals surface area contributed by atoms with Crippen molar-refractivity contribution in [3.05, 3.63) is 40.4 Å². The second kappa shape index (κ2) is 6.59. The van der Waals surface area contributed by atoms with Crippen LogP contribution in [0.3, 0.4) is 0 Å². The highest BCUT2D eigenvalue weighted by Crippen LogP contribution is 2.19. The number of hydrogen-bond donors (Lipinski definition) is 3. The lowest BCUT2D eigenvalue weighted by atomic mass is 10.1. The Bertz CT molecular complexity index is 499. The Kier molecular flexibility index (Phi) is 4.82. The Balaban J connectivity index is 1.83. The van der Waals surface area contributed by atoms with Gasteiger partial charge < -0.3 is 16.0 Å². The summed E-state index contributed by atoms with van der Waals surface area (Å²) in [5.74, 6) is 0. The van der Waals surface area contributed by atoms with E-state index < -0.39 is 0 Å². The van der Waals surface area contributed by atoms with E-state index in [4.69, 9.17) is 11.6 Å². The Labute approximate surface area is 118 Å². The van der Waals surface area contributed by atoms with E-state index in [1.807, 2.05) is 19.1 Å². The van der Waals surface area contributed by atoms with Gasteiger partial charge >= 0.3 is 6.03 Å². The molecule has 1 heterocycles. The van der Waals surface area contributed by atoms with Crippen molar-refractivity contribution < 1.29 is 4.79 Å². The molecule has 0 spiro atoms. The maximum atomic E-state index is 11.7. The monoisotopic (exact) mass is 279 g/mol. The normalized spacial score (nSPS) is 14.7. The van der Waals surface area contributed by atoms with Crippen molar-refractivity contribution in [2.24, 2.45) is 0 Å². The van der Waals surface area contributed by atoms with E-state index in [0.29, 0.717) is 17.3 Å². The number of benzene rings is 1. The summed E-state index contributed by atoms with van der Waals surface area (Å²) in [6.45, 7) is 4.37. The lowest BCUT2D eigenvalue weighted by molar-refractivity contribution is 0.252. The quantitative estimate of drug-likeness (QED) is 0.745. The molecule has 1 aliphatic heterocycles. The number of aryl methyl sites for hydroxylation is 1. The van der Waals surface area contributed by atoms with Crippen LogP contribution in [0.4, 0.5) is 10.5 Å². The van der Waals surface area contributed by atoms with Gasteiger partial charge in [-0.15, -0.1) is 0 Å². The van der Waals surface area contributed by atoms with E-state index in [2.05, 4.69) is 22.0 Å². The fraction of sp³-hybridized carbons (Fsp3) is 0.357. The van der Waals surface area contributed by atoms with Crippen LogP contribution in [-0.4, -0.2) is 25.7 Å². The van der Waals surface area contributed by atoms with Gasteiger partial charge in [0.05, 0.1) is 0 Å². The van der Waals surface area contributed by atoms with Crippen molar-refractivity contribution in [2.45, 2.75) is 13.3 Å². The number of nitrogens with one attached hydrogen (secondary N) is 3. The maximum Gasteiger partial charge on any atom is 0.319 e. The van der Waals surface area contributed by atoms with Crippen molar-refractivity contribution in [3.8, 4) is 0 Å². The Hall–Kier alpha value is -1.52. The first kappa shape index (κ1) is 13.9. The van der Waals surface area contributed by atoms with E-state index in [9.17, 15) is 4.79 Å². The van der Waals surface area contributed by atoms with Crippen molar-refractivity contribution in [1.82, 2.24) is 10.6 Å². The summed E-state index contributed by atoms with van der Waals surface area (Å²) >= 11 is 6.01. The van der Waals surface area contributed by atoms with Gasteiger partial charge in [-0.05, 0) is 37.6 Å². The van der Waals surface area contributed by atoms with Gasteiger partial charge in [0.25, 0.3) is 0 Å². The molecule has 0 bridgehead atoms. The molecule has 1 aliphatic rings. The molecule has 2 rings (SSSR count). The minimum absolute atomic E-state index is 0.209. The lowest BCUT2D eigenvalue weighted by Gasteiger charge is -2.15. The minimum Gasteiger partial charge on any atom is -0.334 e. The van der Waals surface area contributed by atoms with Gasteiger partial charge in [0, 0.05) is 23.8 Å². The van der Waals surface area contributed by atoms with Gasteiger partial charge in [0.15, 0.2) is 0 Å². The fourth-order valence-corrected chi connectivity index (χ4v) is 2.05. The van der Waals surface area contributed by atoms with Gasteiger partial charge in [-0.1, -0.05) is 29.3 Å². The van der Waals surface area contributed by atoms with Crippen LogP contribution in [0.25, 0.3) is 0 Å². The molecular weight excluding hydrogens is 262 g/mol. The summed E-state index contributed by atoms with van der Waals surface area (Å²) in [6, 6.07) is 5.26. The highest BCUT2D eigenvalue weighted by Gasteiger charge is 2.06. The molecule has 0 radical (unpaired) electrons. The molecule has 0 fully saturated rings. The first-order valence-electron chi connectivity index (χ1n) is 6.35. The highest BCUT2D eigenvalue weighted by molar-refractivity contribution is 6.31. The molecular formula is C14H18ClN3O. The molecule has 0 atom stereocenters. The highest BCUT2D eigenvalue weighted by atomic mass is 35.5. The van der Waals surface area contributed by atoms with Crippen molar-refractivity contribution in [2.75, 3.05) is 25.0 Å². The minimum atomic E-state index is -0.209. The standard InChI is InChI=1S/C14H18ClN3O/c1-10-2-3-12(8-13(10)15)18-14(19)17-9-11-4-6-16-7-5-11/h2-4,8,16H,5-7,9H2,1H3,(H2,17,18,19). The topological polar surface area (TPSA) is 53.2 Å². The summed E-state index contributed by atoms with van der Waals surface area (Å²) in [4.78, 5) is 11.7. The molecule has 0 aliphatic carbocycles. The molecule has 0 saturated carbocycles. The summed E-state index contributed by atoms with van der Waals surface area (Å²) < 4.78 is 0. The zero-order valence-electron chi connectivity index (χ0n) is 10.9. The zero-order valence-corrected chi connectivity index (χ0v) is 11.7. The molecule has 102 valence electrons. The number of urea groups is 1. The first-order valence-corrected chi connectivity index (χ1v) is 6.72. The smallest absolute Gasteiger partial charge is 0.319 e.